The molecule has 2 heterocycles. The molecular formula is C29H39NO2. The van der Waals surface area contributed by atoms with Crippen LogP contribution in [0, 0.1) is 23.7 Å². The van der Waals surface area contributed by atoms with Crippen molar-refractivity contribution in [3.05, 3.63) is 65.7 Å². The summed E-state index contributed by atoms with van der Waals surface area (Å²) >= 11 is 0. The number of ether oxygens (including phenoxy) is 1. The lowest BCUT2D eigenvalue weighted by Gasteiger charge is -2.61. The molecule has 4 aliphatic rings. The highest BCUT2D eigenvalue weighted by molar-refractivity contribution is 5.26. The summed E-state index contributed by atoms with van der Waals surface area (Å²) in [5.41, 5.74) is 9.31. The number of benzene rings is 2. The first kappa shape index (κ1) is 22.0. The van der Waals surface area contributed by atoms with Crippen LogP contribution in [0.3, 0.4) is 0 Å². The topological polar surface area (TPSA) is 55.5 Å². The number of phenols is 1. The molecule has 2 saturated carbocycles. The van der Waals surface area contributed by atoms with Crippen LogP contribution in [-0.4, -0.2) is 22.4 Å². The van der Waals surface area contributed by atoms with Crippen LogP contribution in [0.2, 0.25) is 0 Å². The van der Waals surface area contributed by atoms with Gasteiger partial charge in [-0.05, 0) is 106 Å². The van der Waals surface area contributed by atoms with Crippen molar-refractivity contribution in [3.8, 4) is 5.75 Å². The van der Waals surface area contributed by atoms with Crippen LogP contribution in [0.1, 0.15) is 63.5 Å². The highest BCUT2D eigenvalue weighted by atomic mass is 16.5. The molecule has 0 amide bonds. The minimum atomic E-state index is -0.108. The van der Waals surface area contributed by atoms with Crippen molar-refractivity contribution in [2.24, 2.45) is 29.4 Å². The van der Waals surface area contributed by atoms with Crippen molar-refractivity contribution in [3.63, 3.8) is 0 Å². The molecule has 2 aliphatic carbocycles. The molecule has 2 aromatic rings. The Morgan fingerprint density at radius 2 is 1.59 bits per heavy atom. The van der Waals surface area contributed by atoms with Gasteiger partial charge in [-0.1, -0.05) is 42.5 Å². The Hall–Kier alpha value is -1.84. The third-order valence-electron chi connectivity index (χ3n) is 8.99. The second-order valence-electron chi connectivity index (χ2n) is 11.4. The number of nitrogens with two attached hydrogens (primary N) is 1. The summed E-state index contributed by atoms with van der Waals surface area (Å²) in [6, 6.07) is 19.1. The fraction of sp³-hybridized carbons (Fsp3) is 0.586. The second kappa shape index (κ2) is 8.50. The molecule has 0 radical (unpaired) electrons. The molecule has 6 unspecified atom stereocenters. The van der Waals surface area contributed by atoms with Gasteiger partial charge in [-0.3, -0.25) is 0 Å². The molecule has 3 N–H and O–H groups in total. The molecule has 6 rings (SSSR count). The number of rotatable bonds is 5. The van der Waals surface area contributed by atoms with Gasteiger partial charge in [-0.15, -0.1) is 0 Å². The maximum Gasteiger partial charge on any atom is 0.115 e. The Balaban J connectivity index is 1.38. The van der Waals surface area contributed by atoms with Crippen molar-refractivity contribution < 1.29 is 9.84 Å². The van der Waals surface area contributed by atoms with Crippen molar-refractivity contribution in [1.29, 1.82) is 0 Å². The Labute approximate surface area is 193 Å². The highest BCUT2D eigenvalue weighted by Gasteiger charge is 2.58. The SMILES string of the molecule is CC1(C)OC2(C3CCC(Cc4ccccc4)C(Cc4ccc(O)cc4)C3)CCC1C(N)C2. The molecule has 6 atom stereocenters. The second-order valence-corrected chi connectivity index (χ2v) is 11.4. The average Bonchev–Trinajstić information content (AvgIpc) is 2.76. The highest BCUT2D eigenvalue weighted by Crippen LogP contribution is 2.56. The Bertz CT molecular complexity index is 909. The van der Waals surface area contributed by atoms with Gasteiger partial charge in [0.2, 0.25) is 0 Å². The van der Waals surface area contributed by atoms with E-state index in [-0.39, 0.29) is 17.2 Å². The predicted molar refractivity (Wildman–Crippen MR) is 129 cm³/mol. The van der Waals surface area contributed by atoms with E-state index in [0.29, 0.717) is 29.4 Å². The van der Waals surface area contributed by atoms with E-state index in [0.717, 1.165) is 19.3 Å². The summed E-state index contributed by atoms with van der Waals surface area (Å²) in [4.78, 5) is 0. The average molecular weight is 434 g/mol. The molecule has 3 nitrogen and oxygen atoms in total. The monoisotopic (exact) mass is 433 g/mol. The van der Waals surface area contributed by atoms with Gasteiger partial charge in [0.05, 0.1) is 11.2 Å². The van der Waals surface area contributed by atoms with Gasteiger partial charge in [0.25, 0.3) is 0 Å². The van der Waals surface area contributed by atoms with Crippen LogP contribution >= 0.6 is 0 Å². The molecule has 2 saturated heterocycles. The summed E-state index contributed by atoms with van der Waals surface area (Å²) in [6.45, 7) is 4.53. The Morgan fingerprint density at radius 3 is 2.28 bits per heavy atom. The normalized spacial score (nSPS) is 36.2. The number of fused-ring (bicyclic) bond motifs is 3. The van der Waals surface area contributed by atoms with Gasteiger partial charge in [0.1, 0.15) is 5.75 Å². The van der Waals surface area contributed by atoms with Gasteiger partial charge >= 0.3 is 0 Å². The molecule has 0 aromatic heterocycles. The van der Waals surface area contributed by atoms with E-state index in [1.165, 1.54) is 43.2 Å². The predicted octanol–water partition coefficient (Wildman–Crippen LogP) is 5.88. The molecule has 2 aliphatic heterocycles. The summed E-state index contributed by atoms with van der Waals surface area (Å²) in [5, 5.41) is 9.74. The largest absolute Gasteiger partial charge is 0.508 e. The zero-order valence-corrected chi connectivity index (χ0v) is 19.7. The summed E-state index contributed by atoms with van der Waals surface area (Å²) in [7, 11) is 0. The van der Waals surface area contributed by atoms with Crippen molar-refractivity contribution in [2.75, 3.05) is 0 Å². The van der Waals surface area contributed by atoms with Crippen molar-refractivity contribution in [2.45, 2.75) is 82.5 Å². The fourth-order valence-electron chi connectivity index (χ4n) is 7.44. The van der Waals surface area contributed by atoms with Crippen LogP contribution in [-0.2, 0) is 17.6 Å². The maximum atomic E-state index is 9.74. The quantitative estimate of drug-likeness (QED) is 0.619. The van der Waals surface area contributed by atoms with Crippen LogP contribution in [0.25, 0.3) is 0 Å². The lowest BCUT2D eigenvalue weighted by atomic mass is 9.57. The van der Waals surface area contributed by atoms with Crippen LogP contribution in [0.15, 0.2) is 54.6 Å². The molecule has 2 aromatic carbocycles. The Morgan fingerprint density at radius 1 is 0.906 bits per heavy atom. The van der Waals surface area contributed by atoms with Gasteiger partial charge in [0, 0.05) is 12.0 Å². The van der Waals surface area contributed by atoms with Gasteiger partial charge in [-0.25, -0.2) is 0 Å². The minimum absolute atomic E-state index is 0.0391. The van der Waals surface area contributed by atoms with Crippen LogP contribution in [0.4, 0.5) is 0 Å². The van der Waals surface area contributed by atoms with E-state index in [9.17, 15) is 5.11 Å². The standard InChI is InChI=1S/C29H39NO2/c1-28(2)26-14-15-29(32-28,19-27(26)30)24-11-10-22(16-20-6-4-3-5-7-20)23(18-24)17-21-8-12-25(31)13-9-21/h3-9,12-13,22-24,26-27,31H,10-11,14-19,30H2,1-2H3. The molecule has 172 valence electrons. The van der Waals surface area contributed by atoms with Crippen molar-refractivity contribution >= 4 is 0 Å². The first-order valence-electron chi connectivity index (χ1n) is 12.6. The lowest BCUT2D eigenvalue weighted by Crippen LogP contribution is -2.66. The first-order chi connectivity index (χ1) is 15.3. The zero-order chi connectivity index (χ0) is 22.3. The molecule has 0 spiro atoms. The van der Waals surface area contributed by atoms with E-state index in [2.05, 4.69) is 56.3 Å². The van der Waals surface area contributed by atoms with Gasteiger partial charge < -0.3 is 15.6 Å². The number of phenolic OH excluding ortho intramolecular Hbond substituents is 1. The zero-order valence-electron chi connectivity index (χ0n) is 19.7. The molecule has 4 fully saturated rings. The number of aromatic hydroxyl groups is 1. The number of hydrogen-bond acceptors (Lipinski definition) is 3. The smallest absolute Gasteiger partial charge is 0.115 e. The van der Waals surface area contributed by atoms with E-state index in [1.54, 1.807) is 0 Å². The van der Waals surface area contributed by atoms with E-state index in [1.807, 2.05) is 12.1 Å². The minimum Gasteiger partial charge on any atom is -0.508 e. The van der Waals surface area contributed by atoms with Crippen LogP contribution in [0.5, 0.6) is 5.75 Å². The molecular weight excluding hydrogens is 394 g/mol. The summed E-state index contributed by atoms with van der Waals surface area (Å²) in [6.07, 6.45) is 9.35. The molecule has 32 heavy (non-hydrogen) atoms. The third-order valence-corrected chi connectivity index (χ3v) is 8.99. The lowest BCUT2D eigenvalue weighted by molar-refractivity contribution is -0.269. The molecule has 2 bridgehead atoms. The summed E-state index contributed by atoms with van der Waals surface area (Å²) < 4.78 is 6.92. The van der Waals surface area contributed by atoms with Gasteiger partial charge in [-0.2, -0.15) is 0 Å². The van der Waals surface area contributed by atoms with E-state index < -0.39 is 0 Å². The molecule has 3 heteroatoms. The van der Waals surface area contributed by atoms with E-state index >= 15 is 0 Å². The Kier molecular flexibility index (Phi) is 5.84. The van der Waals surface area contributed by atoms with Crippen LogP contribution < -0.4 is 5.73 Å². The summed E-state index contributed by atoms with van der Waals surface area (Å²) in [5.74, 6) is 2.73. The van der Waals surface area contributed by atoms with Crippen molar-refractivity contribution in [1.82, 2.24) is 0 Å². The van der Waals surface area contributed by atoms with Gasteiger partial charge in [0.15, 0.2) is 0 Å². The maximum absolute atomic E-state index is 9.74. The number of hydrogen-bond donors (Lipinski definition) is 2. The first-order valence-corrected chi connectivity index (χ1v) is 12.6. The van der Waals surface area contributed by atoms with E-state index in [4.69, 9.17) is 10.5 Å². The fourth-order valence-corrected chi connectivity index (χ4v) is 7.44. The third kappa shape index (κ3) is 4.22.